The zero-order valence-corrected chi connectivity index (χ0v) is 12.9. The van der Waals surface area contributed by atoms with Gasteiger partial charge in [-0.05, 0) is 29.3 Å². The summed E-state index contributed by atoms with van der Waals surface area (Å²) in [5.74, 6) is -0.185. The smallest absolute Gasteiger partial charge is 0.368 e. The van der Waals surface area contributed by atoms with Gasteiger partial charge in [-0.3, -0.25) is 4.57 Å². The number of nitro groups is 1. The second kappa shape index (κ2) is 6.04. The molecule has 0 saturated heterocycles. The first-order valence-corrected chi connectivity index (χ1v) is 7.36. The molecule has 3 aromatic rings. The van der Waals surface area contributed by atoms with Crippen molar-refractivity contribution in [2.75, 3.05) is 5.32 Å². The number of rotatable bonds is 5. The monoisotopic (exact) mass is 311 g/mol. The van der Waals surface area contributed by atoms with Crippen LogP contribution in [0, 0.1) is 10.1 Å². The van der Waals surface area contributed by atoms with Crippen LogP contribution in [0.3, 0.4) is 0 Å². The number of aromatic nitrogens is 3. The fourth-order valence-electron chi connectivity index (χ4n) is 2.39. The average molecular weight is 311 g/mol. The summed E-state index contributed by atoms with van der Waals surface area (Å²) >= 11 is 0. The van der Waals surface area contributed by atoms with E-state index in [0.29, 0.717) is 23.4 Å². The molecule has 0 aliphatic heterocycles. The van der Waals surface area contributed by atoms with Gasteiger partial charge in [0.1, 0.15) is 0 Å². The lowest BCUT2D eigenvalue weighted by molar-refractivity contribution is -0.389. The normalized spacial score (nSPS) is 11.1. The van der Waals surface area contributed by atoms with Gasteiger partial charge in [0.15, 0.2) is 5.52 Å². The number of hydrogen-bond donors (Lipinski definition) is 1. The van der Waals surface area contributed by atoms with Crippen molar-refractivity contribution in [2.24, 2.45) is 0 Å². The van der Waals surface area contributed by atoms with Crippen LogP contribution in [0.15, 0.2) is 42.7 Å². The fraction of sp³-hybridized carbons (Fsp3) is 0.250. The Balaban J connectivity index is 2.02. The first-order chi connectivity index (χ1) is 11.1. The van der Waals surface area contributed by atoms with Crippen molar-refractivity contribution < 1.29 is 4.92 Å². The minimum absolute atomic E-state index is 0.122. The van der Waals surface area contributed by atoms with Crippen LogP contribution in [0.2, 0.25) is 0 Å². The summed E-state index contributed by atoms with van der Waals surface area (Å²) in [4.78, 5) is 19.2. The molecule has 0 fully saturated rings. The van der Waals surface area contributed by atoms with E-state index in [1.807, 2.05) is 48.7 Å². The van der Waals surface area contributed by atoms with Gasteiger partial charge in [-0.15, -0.1) is 0 Å². The third-order valence-corrected chi connectivity index (χ3v) is 3.59. The summed E-state index contributed by atoms with van der Waals surface area (Å²) in [7, 11) is 0. The van der Waals surface area contributed by atoms with E-state index in [1.54, 1.807) is 6.33 Å². The first-order valence-electron chi connectivity index (χ1n) is 7.36. The topological polar surface area (TPSA) is 85.9 Å². The van der Waals surface area contributed by atoms with Crippen molar-refractivity contribution in [1.82, 2.24) is 14.5 Å². The van der Waals surface area contributed by atoms with E-state index >= 15 is 0 Å². The molecule has 0 saturated carbocycles. The van der Waals surface area contributed by atoms with Crippen LogP contribution in [-0.2, 0) is 6.54 Å². The van der Waals surface area contributed by atoms with Crippen molar-refractivity contribution in [3.63, 3.8) is 0 Å². The summed E-state index contributed by atoms with van der Waals surface area (Å²) < 4.78 is 1.83. The van der Waals surface area contributed by atoms with Crippen LogP contribution in [0.5, 0.6) is 0 Å². The number of benzene rings is 1. The minimum atomic E-state index is -0.481. The highest BCUT2D eigenvalue weighted by molar-refractivity contribution is 5.87. The lowest BCUT2D eigenvalue weighted by atomic mass is 10.2. The number of fused-ring (bicyclic) bond motifs is 1. The molecule has 0 bridgehead atoms. The predicted octanol–water partition coefficient (Wildman–Crippen LogP) is 3.53. The molecule has 2 aromatic heterocycles. The summed E-state index contributed by atoms with van der Waals surface area (Å²) in [6.07, 6.45) is 1.67. The standard InChI is InChI=1S/C16H17N5O2/c1-11(2)20-10-18-15-13(8-14(21(22)23)19-16(15)20)17-9-12-6-4-3-5-7-12/h3-8,10-11H,9H2,1-2H3,(H,17,19). The van der Waals surface area contributed by atoms with Crippen LogP contribution < -0.4 is 5.32 Å². The van der Waals surface area contributed by atoms with E-state index in [4.69, 9.17) is 0 Å². The Bertz CT molecular complexity index is 842. The zero-order chi connectivity index (χ0) is 16.4. The number of imidazole rings is 1. The highest BCUT2D eigenvalue weighted by Gasteiger charge is 2.20. The minimum Gasteiger partial charge on any atom is -0.379 e. The average Bonchev–Trinajstić information content (AvgIpc) is 2.97. The molecule has 0 spiro atoms. The summed E-state index contributed by atoms with van der Waals surface area (Å²) in [5, 5.41) is 14.4. The number of nitrogens with zero attached hydrogens (tertiary/aromatic N) is 4. The van der Waals surface area contributed by atoms with Gasteiger partial charge in [-0.25, -0.2) is 4.98 Å². The van der Waals surface area contributed by atoms with Gasteiger partial charge in [0.25, 0.3) is 5.65 Å². The van der Waals surface area contributed by atoms with Gasteiger partial charge in [-0.2, -0.15) is 0 Å². The second-order valence-corrected chi connectivity index (χ2v) is 5.54. The molecule has 23 heavy (non-hydrogen) atoms. The maximum Gasteiger partial charge on any atom is 0.368 e. The molecule has 0 aliphatic carbocycles. The molecule has 0 amide bonds. The van der Waals surface area contributed by atoms with Crippen molar-refractivity contribution in [3.8, 4) is 0 Å². The van der Waals surface area contributed by atoms with E-state index in [0.717, 1.165) is 5.56 Å². The van der Waals surface area contributed by atoms with E-state index in [2.05, 4.69) is 15.3 Å². The van der Waals surface area contributed by atoms with Crippen LogP contribution in [0.4, 0.5) is 11.5 Å². The van der Waals surface area contributed by atoms with Gasteiger partial charge >= 0.3 is 5.82 Å². The maximum absolute atomic E-state index is 11.2. The zero-order valence-electron chi connectivity index (χ0n) is 12.9. The molecule has 2 heterocycles. The molecule has 0 radical (unpaired) electrons. The van der Waals surface area contributed by atoms with Crippen LogP contribution >= 0.6 is 0 Å². The van der Waals surface area contributed by atoms with E-state index in [9.17, 15) is 10.1 Å². The Morgan fingerprint density at radius 1 is 1.30 bits per heavy atom. The third-order valence-electron chi connectivity index (χ3n) is 3.59. The molecule has 0 unspecified atom stereocenters. The van der Waals surface area contributed by atoms with Gasteiger partial charge in [0.2, 0.25) is 0 Å². The Morgan fingerprint density at radius 3 is 2.70 bits per heavy atom. The molecule has 118 valence electrons. The molecule has 1 N–H and O–H groups in total. The number of pyridine rings is 1. The highest BCUT2D eigenvalue weighted by Crippen LogP contribution is 2.27. The Labute approximate surface area is 133 Å². The molecular formula is C16H17N5O2. The first kappa shape index (κ1) is 15.0. The third kappa shape index (κ3) is 2.98. The molecule has 1 aromatic carbocycles. The van der Waals surface area contributed by atoms with E-state index in [-0.39, 0.29) is 11.9 Å². The number of anilines is 1. The van der Waals surface area contributed by atoms with E-state index in [1.165, 1.54) is 6.07 Å². The highest BCUT2D eigenvalue weighted by atomic mass is 16.6. The maximum atomic E-state index is 11.2. The largest absolute Gasteiger partial charge is 0.379 e. The molecule has 3 rings (SSSR count). The quantitative estimate of drug-likeness (QED) is 0.575. The van der Waals surface area contributed by atoms with Gasteiger partial charge in [0.05, 0.1) is 18.1 Å². The van der Waals surface area contributed by atoms with Crippen molar-refractivity contribution in [3.05, 3.63) is 58.4 Å². The Morgan fingerprint density at radius 2 is 2.04 bits per heavy atom. The summed E-state index contributed by atoms with van der Waals surface area (Å²) in [6, 6.07) is 11.4. The molecule has 0 aliphatic rings. The number of nitrogens with one attached hydrogen (secondary N) is 1. The molecule has 7 heteroatoms. The lowest BCUT2D eigenvalue weighted by Crippen LogP contribution is -2.04. The second-order valence-electron chi connectivity index (χ2n) is 5.54. The predicted molar refractivity (Wildman–Crippen MR) is 88.3 cm³/mol. The Hall–Kier alpha value is -2.96. The van der Waals surface area contributed by atoms with Crippen molar-refractivity contribution in [2.45, 2.75) is 26.4 Å². The van der Waals surface area contributed by atoms with Crippen molar-refractivity contribution in [1.29, 1.82) is 0 Å². The van der Waals surface area contributed by atoms with Crippen LogP contribution in [0.25, 0.3) is 11.2 Å². The molecule has 7 nitrogen and oxygen atoms in total. The number of hydrogen-bond acceptors (Lipinski definition) is 5. The fourth-order valence-corrected chi connectivity index (χ4v) is 2.39. The van der Waals surface area contributed by atoms with Crippen molar-refractivity contribution >= 4 is 22.7 Å². The van der Waals surface area contributed by atoms with E-state index < -0.39 is 4.92 Å². The summed E-state index contributed by atoms with van der Waals surface area (Å²) in [5.41, 5.74) is 2.86. The van der Waals surface area contributed by atoms with Gasteiger partial charge in [-0.1, -0.05) is 30.3 Å². The molecule has 0 atom stereocenters. The molecular weight excluding hydrogens is 294 g/mol. The lowest BCUT2D eigenvalue weighted by Gasteiger charge is -2.08. The Kier molecular flexibility index (Phi) is 3.92. The summed E-state index contributed by atoms with van der Waals surface area (Å²) in [6.45, 7) is 4.53. The SMILES string of the molecule is CC(C)n1cnc2c(NCc3ccccc3)cc([N+](=O)[O-])nc21. The van der Waals surface area contributed by atoms with Crippen LogP contribution in [-0.4, -0.2) is 19.5 Å². The van der Waals surface area contributed by atoms with Crippen LogP contribution in [0.1, 0.15) is 25.5 Å². The van der Waals surface area contributed by atoms with Gasteiger partial charge in [0, 0.05) is 12.6 Å². The van der Waals surface area contributed by atoms with Gasteiger partial charge < -0.3 is 15.4 Å².